The number of aryl methyl sites for hydroxylation is 1. The summed E-state index contributed by atoms with van der Waals surface area (Å²) in [7, 11) is 1.77. The largest absolute Gasteiger partial charge is 0.417 e. The highest BCUT2D eigenvalue weighted by Crippen LogP contribution is 2.30. The standard InChI is InChI=1S/C13H9F3N4/c1-20-11-7-17-5-4-9(11)19-12(20)10-3-2-8(6-18-10)13(14,15)16/h2-7H,1H3. The Kier molecular flexibility index (Phi) is 2.70. The van der Waals surface area contributed by atoms with Crippen molar-refractivity contribution in [3.63, 3.8) is 0 Å². The summed E-state index contributed by atoms with van der Waals surface area (Å²) in [5.41, 5.74) is 1.13. The number of rotatable bonds is 1. The smallest absolute Gasteiger partial charge is 0.325 e. The summed E-state index contributed by atoms with van der Waals surface area (Å²) >= 11 is 0. The van der Waals surface area contributed by atoms with Gasteiger partial charge in [0.05, 0.1) is 22.8 Å². The van der Waals surface area contributed by atoms with Crippen LogP contribution in [0.1, 0.15) is 5.56 Å². The van der Waals surface area contributed by atoms with Gasteiger partial charge in [-0.3, -0.25) is 9.97 Å². The van der Waals surface area contributed by atoms with E-state index in [1.54, 1.807) is 30.1 Å². The van der Waals surface area contributed by atoms with Crippen molar-refractivity contribution in [2.24, 2.45) is 7.05 Å². The van der Waals surface area contributed by atoms with E-state index in [1.807, 2.05) is 0 Å². The fourth-order valence-electron chi connectivity index (χ4n) is 1.96. The minimum atomic E-state index is -4.39. The van der Waals surface area contributed by atoms with E-state index >= 15 is 0 Å². The zero-order valence-corrected chi connectivity index (χ0v) is 10.4. The Bertz CT molecular complexity index is 759. The molecular weight excluding hydrogens is 269 g/mol. The van der Waals surface area contributed by atoms with Gasteiger partial charge in [0.25, 0.3) is 0 Å². The second-order valence-corrected chi connectivity index (χ2v) is 4.29. The molecule has 3 heterocycles. The molecule has 0 fully saturated rings. The molecule has 0 spiro atoms. The van der Waals surface area contributed by atoms with Crippen LogP contribution in [0.25, 0.3) is 22.6 Å². The monoisotopic (exact) mass is 278 g/mol. The van der Waals surface area contributed by atoms with Crippen LogP contribution < -0.4 is 0 Å². The van der Waals surface area contributed by atoms with Crippen LogP contribution in [0, 0.1) is 0 Å². The zero-order chi connectivity index (χ0) is 14.3. The lowest BCUT2D eigenvalue weighted by molar-refractivity contribution is -0.137. The lowest BCUT2D eigenvalue weighted by Gasteiger charge is -2.06. The van der Waals surface area contributed by atoms with Gasteiger partial charge in [0, 0.05) is 19.4 Å². The minimum absolute atomic E-state index is 0.386. The Morgan fingerprint density at radius 3 is 2.50 bits per heavy atom. The third-order valence-corrected chi connectivity index (χ3v) is 3.00. The van der Waals surface area contributed by atoms with Gasteiger partial charge < -0.3 is 4.57 Å². The summed E-state index contributed by atoms with van der Waals surface area (Å²) in [6, 6.07) is 4.06. The topological polar surface area (TPSA) is 43.6 Å². The highest BCUT2D eigenvalue weighted by atomic mass is 19.4. The molecule has 7 heteroatoms. The van der Waals surface area contributed by atoms with Crippen molar-refractivity contribution in [3.05, 3.63) is 42.4 Å². The molecule has 102 valence electrons. The first kappa shape index (κ1) is 12.6. The number of pyridine rings is 2. The predicted molar refractivity (Wildman–Crippen MR) is 66.7 cm³/mol. The minimum Gasteiger partial charge on any atom is -0.325 e. The third kappa shape index (κ3) is 2.01. The predicted octanol–water partition coefficient (Wildman–Crippen LogP) is 3.05. The molecule has 0 saturated carbocycles. The van der Waals surface area contributed by atoms with Crippen molar-refractivity contribution < 1.29 is 13.2 Å². The molecule has 0 N–H and O–H groups in total. The highest BCUT2D eigenvalue weighted by Gasteiger charge is 2.30. The van der Waals surface area contributed by atoms with Crippen LogP contribution >= 0.6 is 0 Å². The first-order valence-electron chi connectivity index (χ1n) is 5.77. The third-order valence-electron chi connectivity index (χ3n) is 3.00. The molecule has 0 radical (unpaired) electrons. The van der Waals surface area contributed by atoms with Gasteiger partial charge in [0.1, 0.15) is 5.69 Å². The SMILES string of the molecule is Cn1c(-c2ccc(C(F)(F)F)cn2)nc2ccncc21. The average molecular weight is 278 g/mol. The molecule has 0 unspecified atom stereocenters. The van der Waals surface area contributed by atoms with E-state index < -0.39 is 11.7 Å². The summed E-state index contributed by atoms with van der Waals surface area (Å²) in [6.45, 7) is 0. The van der Waals surface area contributed by atoms with Gasteiger partial charge in [-0.15, -0.1) is 0 Å². The van der Waals surface area contributed by atoms with Crippen molar-refractivity contribution in [3.8, 4) is 11.5 Å². The molecule has 0 bridgehead atoms. The molecule has 0 amide bonds. The number of aromatic nitrogens is 4. The number of hydrogen-bond donors (Lipinski definition) is 0. The van der Waals surface area contributed by atoms with Crippen molar-refractivity contribution in [1.82, 2.24) is 19.5 Å². The van der Waals surface area contributed by atoms with Gasteiger partial charge in [-0.1, -0.05) is 0 Å². The van der Waals surface area contributed by atoms with E-state index in [1.165, 1.54) is 6.07 Å². The van der Waals surface area contributed by atoms with Crippen molar-refractivity contribution in [1.29, 1.82) is 0 Å². The van der Waals surface area contributed by atoms with E-state index in [0.29, 0.717) is 11.5 Å². The van der Waals surface area contributed by atoms with E-state index in [2.05, 4.69) is 15.0 Å². The van der Waals surface area contributed by atoms with Crippen molar-refractivity contribution >= 4 is 11.0 Å². The maximum atomic E-state index is 12.5. The van der Waals surface area contributed by atoms with E-state index in [0.717, 1.165) is 23.3 Å². The van der Waals surface area contributed by atoms with Crippen LogP contribution in [0.2, 0.25) is 0 Å². The van der Waals surface area contributed by atoms with Gasteiger partial charge in [0.15, 0.2) is 5.82 Å². The van der Waals surface area contributed by atoms with Crippen LogP contribution in [0.4, 0.5) is 13.2 Å². The number of nitrogens with zero attached hydrogens (tertiary/aromatic N) is 4. The van der Waals surface area contributed by atoms with E-state index in [-0.39, 0.29) is 0 Å². The van der Waals surface area contributed by atoms with Crippen molar-refractivity contribution in [2.75, 3.05) is 0 Å². The Labute approximate surface area is 111 Å². The van der Waals surface area contributed by atoms with Crippen LogP contribution in [0.5, 0.6) is 0 Å². The molecule has 0 aliphatic carbocycles. The van der Waals surface area contributed by atoms with Gasteiger partial charge in [-0.2, -0.15) is 13.2 Å². The first-order valence-corrected chi connectivity index (χ1v) is 5.77. The number of halogens is 3. The van der Waals surface area contributed by atoms with Crippen LogP contribution in [0.3, 0.4) is 0 Å². The molecule has 3 rings (SSSR count). The lowest BCUT2D eigenvalue weighted by atomic mass is 10.2. The van der Waals surface area contributed by atoms with Crippen LogP contribution in [-0.2, 0) is 13.2 Å². The quantitative estimate of drug-likeness (QED) is 0.687. The van der Waals surface area contributed by atoms with Crippen LogP contribution in [-0.4, -0.2) is 19.5 Å². The van der Waals surface area contributed by atoms with Crippen molar-refractivity contribution in [2.45, 2.75) is 6.18 Å². The first-order chi connectivity index (χ1) is 9.47. The Morgan fingerprint density at radius 1 is 1.10 bits per heavy atom. The summed E-state index contributed by atoms with van der Waals surface area (Å²) in [6.07, 6.45) is -0.316. The molecular formula is C13H9F3N4. The maximum absolute atomic E-state index is 12.5. The molecule has 0 aromatic carbocycles. The normalized spacial score (nSPS) is 12.0. The molecule has 0 aliphatic heterocycles. The van der Waals surface area contributed by atoms with E-state index in [9.17, 15) is 13.2 Å². The Balaban J connectivity index is 2.09. The molecule has 4 nitrogen and oxygen atoms in total. The summed E-state index contributed by atoms with van der Waals surface area (Å²) in [5, 5.41) is 0. The number of fused-ring (bicyclic) bond motifs is 1. The van der Waals surface area contributed by atoms with Gasteiger partial charge in [-0.25, -0.2) is 4.98 Å². The molecule has 0 saturated heterocycles. The van der Waals surface area contributed by atoms with E-state index in [4.69, 9.17) is 0 Å². The molecule has 0 aliphatic rings. The number of hydrogen-bond acceptors (Lipinski definition) is 3. The average Bonchev–Trinajstić information content (AvgIpc) is 2.76. The van der Waals surface area contributed by atoms with Crippen LogP contribution in [0.15, 0.2) is 36.8 Å². The fraction of sp³-hybridized carbons (Fsp3) is 0.154. The van der Waals surface area contributed by atoms with Gasteiger partial charge in [-0.05, 0) is 18.2 Å². The fourth-order valence-corrected chi connectivity index (χ4v) is 1.96. The second-order valence-electron chi connectivity index (χ2n) is 4.29. The molecule has 3 aromatic rings. The molecule has 0 atom stereocenters. The Hall–Kier alpha value is -2.44. The zero-order valence-electron chi connectivity index (χ0n) is 10.4. The molecule has 20 heavy (non-hydrogen) atoms. The van der Waals surface area contributed by atoms with Gasteiger partial charge in [0.2, 0.25) is 0 Å². The number of alkyl halides is 3. The maximum Gasteiger partial charge on any atom is 0.417 e. The summed E-state index contributed by atoms with van der Waals surface area (Å²) in [5.74, 6) is 0.502. The van der Waals surface area contributed by atoms with Gasteiger partial charge >= 0.3 is 6.18 Å². The summed E-state index contributed by atoms with van der Waals surface area (Å²) < 4.78 is 39.2. The summed E-state index contributed by atoms with van der Waals surface area (Å²) in [4.78, 5) is 12.2. The molecule has 3 aromatic heterocycles. The number of imidazole rings is 1. The lowest BCUT2D eigenvalue weighted by Crippen LogP contribution is -2.05. The highest BCUT2D eigenvalue weighted by molar-refractivity contribution is 5.78. The Morgan fingerprint density at radius 2 is 1.90 bits per heavy atom. The second kappa shape index (κ2) is 4.29.